The molecule has 0 saturated carbocycles. The number of nitrogens with one attached hydrogen (secondary N) is 1. The summed E-state index contributed by atoms with van der Waals surface area (Å²) in [5.74, 6) is -0.905. The van der Waals surface area contributed by atoms with Gasteiger partial charge in [-0.1, -0.05) is 23.7 Å². The summed E-state index contributed by atoms with van der Waals surface area (Å²) in [4.78, 5) is 37.7. The predicted octanol–water partition coefficient (Wildman–Crippen LogP) is 3.46. The molecule has 126 valence electrons. The quantitative estimate of drug-likeness (QED) is 0.674. The van der Waals surface area contributed by atoms with Crippen molar-refractivity contribution in [2.24, 2.45) is 0 Å². The number of amides is 4. The molecule has 1 aliphatic rings. The first-order chi connectivity index (χ1) is 12.0. The Morgan fingerprint density at radius 3 is 2.68 bits per heavy atom. The summed E-state index contributed by atoms with van der Waals surface area (Å²) in [5.41, 5.74) is 0.720. The minimum Gasteiger partial charge on any atom is -0.465 e. The lowest BCUT2D eigenvalue weighted by atomic mass is 10.1. The highest BCUT2D eigenvalue weighted by Crippen LogP contribution is 2.29. The van der Waals surface area contributed by atoms with E-state index >= 15 is 0 Å². The minimum absolute atomic E-state index is 0.165. The number of imide groups is 2. The molecule has 4 amide bonds. The Hall–Kier alpha value is -3.12. The molecule has 0 atom stereocenters. The number of anilines is 1. The first-order valence-corrected chi connectivity index (χ1v) is 7.73. The lowest BCUT2D eigenvalue weighted by Gasteiger charge is -2.27. The van der Waals surface area contributed by atoms with Crippen molar-refractivity contribution in [2.75, 3.05) is 4.90 Å². The maximum absolute atomic E-state index is 12.7. The SMILES string of the molecule is Cc1c(Cl)cccc1N1C(=O)NC(=O)/C(=C\C=C\c2ccco2)C1=O. The van der Waals surface area contributed by atoms with Crippen LogP contribution in [0.4, 0.5) is 10.5 Å². The second kappa shape index (κ2) is 6.78. The first kappa shape index (κ1) is 16.7. The fourth-order valence-corrected chi connectivity index (χ4v) is 2.53. The van der Waals surface area contributed by atoms with E-state index in [0.717, 1.165) is 4.90 Å². The lowest BCUT2D eigenvalue weighted by molar-refractivity contribution is -0.122. The topological polar surface area (TPSA) is 79.6 Å². The van der Waals surface area contributed by atoms with Crippen LogP contribution < -0.4 is 10.2 Å². The smallest absolute Gasteiger partial charge is 0.335 e. The molecule has 1 aromatic carbocycles. The van der Waals surface area contributed by atoms with E-state index in [0.29, 0.717) is 22.0 Å². The highest BCUT2D eigenvalue weighted by Gasteiger charge is 2.37. The number of halogens is 1. The van der Waals surface area contributed by atoms with Gasteiger partial charge in [0.1, 0.15) is 11.3 Å². The number of furan rings is 1. The zero-order chi connectivity index (χ0) is 18.0. The van der Waals surface area contributed by atoms with Crippen LogP contribution in [-0.2, 0) is 9.59 Å². The Labute approximate surface area is 148 Å². The van der Waals surface area contributed by atoms with Crippen molar-refractivity contribution in [3.8, 4) is 0 Å². The number of benzene rings is 1. The third kappa shape index (κ3) is 3.25. The summed E-state index contributed by atoms with van der Waals surface area (Å²) in [7, 11) is 0. The second-order valence-corrected chi connectivity index (χ2v) is 5.65. The molecule has 3 rings (SSSR count). The van der Waals surface area contributed by atoms with E-state index in [1.807, 2.05) is 0 Å². The van der Waals surface area contributed by atoms with Crippen LogP contribution in [-0.4, -0.2) is 17.8 Å². The van der Waals surface area contributed by atoms with Gasteiger partial charge in [-0.15, -0.1) is 0 Å². The van der Waals surface area contributed by atoms with Crippen LogP contribution >= 0.6 is 11.6 Å². The van der Waals surface area contributed by atoms with E-state index in [1.165, 1.54) is 18.4 Å². The van der Waals surface area contributed by atoms with E-state index < -0.39 is 17.8 Å². The van der Waals surface area contributed by atoms with Crippen molar-refractivity contribution >= 4 is 41.2 Å². The number of carbonyl (C=O) groups is 3. The predicted molar refractivity (Wildman–Crippen MR) is 93.0 cm³/mol. The molecule has 2 heterocycles. The number of urea groups is 1. The summed E-state index contributed by atoms with van der Waals surface area (Å²) in [6.45, 7) is 1.69. The van der Waals surface area contributed by atoms with Crippen molar-refractivity contribution in [3.63, 3.8) is 0 Å². The Bertz CT molecular complexity index is 913. The van der Waals surface area contributed by atoms with Gasteiger partial charge in [0.25, 0.3) is 11.8 Å². The molecule has 1 saturated heterocycles. The van der Waals surface area contributed by atoms with Gasteiger partial charge in [0.05, 0.1) is 12.0 Å². The van der Waals surface area contributed by atoms with Crippen molar-refractivity contribution in [2.45, 2.75) is 6.92 Å². The highest BCUT2D eigenvalue weighted by atomic mass is 35.5. The molecule has 0 spiro atoms. The molecule has 25 heavy (non-hydrogen) atoms. The highest BCUT2D eigenvalue weighted by molar-refractivity contribution is 6.38. The summed E-state index contributed by atoms with van der Waals surface area (Å²) >= 11 is 6.06. The summed E-state index contributed by atoms with van der Waals surface area (Å²) in [6, 6.07) is 7.50. The number of hydrogen-bond acceptors (Lipinski definition) is 4. The van der Waals surface area contributed by atoms with Crippen LogP contribution in [0.5, 0.6) is 0 Å². The Morgan fingerprint density at radius 1 is 1.16 bits per heavy atom. The van der Waals surface area contributed by atoms with Crippen molar-refractivity contribution in [1.29, 1.82) is 0 Å². The number of barbiturate groups is 1. The number of allylic oxidation sites excluding steroid dienone is 2. The van der Waals surface area contributed by atoms with Gasteiger partial charge in [0.15, 0.2) is 0 Å². The molecule has 0 unspecified atom stereocenters. The van der Waals surface area contributed by atoms with Crippen LogP contribution in [0.3, 0.4) is 0 Å². The van der Waals surface area contributed by atoms with E-state index in [9.17, 15) is 14.4 Å². The number of nitrogens with zero attached hydrogens (tertiary/aromatic N) is 1. The summed E-state index contributed by atoms with van der Waals surface area (Å²) < 4.78 is 5.13. The summed E-state index contributed by atoms with van der Waals surface area (Å²) in [6.07, 6.45) is 5.94. The molecule has 1 N–H and O–H groups in total. The minimum atomic E-state index is -0.812. The van der Waals surface area contributed by atoms with E-state index in [4.69, 9.17) is 16.0 Å². The third-order valence-corrected chi connectivity index (χ3v) is 4.06. The fraction of sp³-hybridized carbons (Fsp3) is 0.0556. The molecule has 7 heteroatoms. The molecule has 1 aliphatic heterocycles. The molecule has 6 nitrogen and oxygen atoms in total. The van der Waals surface area contributed by atoms with Crippen molar-refractivity contribution in [1.82, 2.24) is 5.32 Å². The molecule has 0 aliphatic carbocycles. The van der Waals surface area contributed by atoms with Gasteiger partial charge >= 0.3 is 6.03 Å². The normalized spacial score (nSPS) is 16.8. The number of hydrogen-bond donors (Lipinski definition) is 1. The molecule has 2 aromatic rings. The molecular formula is C18H13ClN2O4. The van der Waals surface area contributed by atoms with Crippen LogP contribution in [0.15, 0.2) is 58.7 Å². The lowest BCUT2D eigenvalue weighted by Crippen LogP contribution is -2.54. The average molecular weight is 357 g/mol. The fourth-order valence-electron chi connectivity index (χ4n) is 2.36. The monoisotopic (exact) mass is 356 g/mol. The Morgan fingerprint density at radius 2 is 1.96 bits per heavy atom. The maximum atomic E-state index is 12.7. The Kier molecular flexibility index (Phi) is 4.54. The van der Waals surface area contributed by atoms with Gasteiger partial charge in [-0.3, -0.25) is 14.9 Å². The van der Waals surface area contributed by atoms with Crippen LogP contribution in [0, 0.1) is 6.92 Å². The zero-order valence-corrected chi connectivity index (χ0v) is 13.9. The number of rotatable bonds is 3. The molecular weight excluding hydrogens is 344 g/mol. The zero-order valence-electron chi connectivity index (χ0n) is 13.2. The average Bonchev–Trinajstić information content (AvgIpc) is 3.07. The molecule has 0 bridgehead atoms. The van der Waals surface area contributed by atoms with Gasteiger partial charge in [0, 0.05) is 5.02 Å². The van der Waals surface area contributed by atoms with Gasteiger partial charge < -0.3 is 4.42 Å². The van der Waals surface area contributed by atoms with Crippen molar-refractivity contribution in [3.05, 3.63) is 70.7 Å². The van der Waals surface area contributed by atoms with Gasteiger partial charge in [-0.2, -0.15) is 0 Å². The second-order valence-electron chi connectivity index (χ2n) is 5.24. The van der Waals surface area contributed by atoms with Crippen LogP contribution in [0.2, 0.25) is 5.02 Å². The van der Waals surface area contributed by atoms with E-state index in [2.05, 4.69) is 5.32 Å². The number of carbonyl (C=O) groups excluding carboxylic acids is 3. The maximum Gasteiger partial charge on any atom is 0.335 e. The van der Waals surface area contributed by atoms with E-state index in [-0.39, 0.29) is 5.57 Å². The Balaban J connectivity index is 1.95. The van der Waals surface area contributed by atoms with Crippen LogP contribution in [0.25, 0.3) is 6.08 Å². The van der Waals surface area contributed by atoms with Gasteiger partial charge in [-0.25, -0.2) is 9.69 Å². The summed E-state index contributed by atoms with van der Waals surface area (Å²) in [5, 5.41) is 2.57. The third-order valence-electron chi connectivity index (χ3n) is 3.65. The standard InChI is InChI=1S/C18H13ClN2O4/c1-11-14(19)8-3-9-15(11)21-17(23)13(16(22)20-18(21)24)7-2-5-12-6-4-10-25-12/h2-10H,1H3,(H,20,22,24)/b5-2+,13-7+. The molecule has 1 fully saturated rings. The molecule has 1 aromatic heterocycles. The van der Waals surface area contributed by atoms with Gasteiger partial charge in [-0.05, 0) is 48.9 Å². The van der Waals surface area contributed by atoms with Crippen molar-refractivity contribution < 1.29 is 18.8 Å². The first-order valence-electron chi connectivity index (χ1n) is 7.36. The van der Waals surface area contributed by atoms with E-state index in [1.54, 1.807) is 43.3 Å². The van der Waals surface area contributed by atoms with Crippen LogP contribution in [0.1, 0.15) is 11.3 Å². The van der Waals surface area contributed by atoms with Gasteiger partial charge in [0.2, 0.25) is 0 Å². The largest absolute Gasteiger partial charge is 0.465 e. The molecule has 0 radical (unpaired) electrons.